The van der Waals surface area contributed by atoms with Gasteiger partial charge in [0, 0.05) is 24.2 Å². The minimum absolute atomic E-state index is 0.529. The minimum atomic E-state index is 0.529. The molecule has 0 saturated carbocycles. The Balaban J connectivity index is 2.21. The molecule has 1 unspecified atom stereocenters. The summed E-state index contributed by atoms with van der Waals surface area (Å²) in [6.07, 6.45) is 2.32. The topological polar surface area (TPSA) is 29.3 Å². The Hall–Kier alpha value is -0.570. The molecule has 2 rings (SSSR count). The first-order chi connectivity index (χ1) is 7.22. The van der Waals surface area contributed by atoms with Gasteiger partial charge in [-0.05, 0) is 43.1 Å². The third-order valence-corrected chi connectivity index (χ3v) is 3.40. The number of rotatable bonds is 3. The Morgan fingerprint density at radius 1 is 1.53 bits per heavy atom. The predicted octanol–water partition coefficient (Wildman–Crippen LogP) is 2.22. The van der Waals surface area contributed by atoms with E-state index in [1.807, 2.05) is 6.07 Å². The molecule has 1 aliphatic carbocycles. The third kappa shape index (κ3) is 2.17. The molecule has 0 saturated heterocycles. The lowest BCUT2D eigenvalue weighted by Gasteiger charge is -2.24. The van der Waals surface area contributed by atoms with Gasteiger partial charge in [0.25, 0.3) is 0 Å². The first kappa shape index (κ1) is 10.9. The van der Waals surface area contributed by atoms with Crippen LogP contribution in [0.4, 0.5) is 0 Å². The van der Waals surface area contributed by atoms with Crippen LogP contribution in [0.2, 0.25) is 5.02 Å². The highest BCUT2D eigenvalue weighted by Crippen LogP contribution is 2.35. The Labute approximate surface area is 96.0 Å². The van der Waals surface area contributed by atoms with Crippen molar-refractivity contribution in [2.75, 3.05) is 20.1 Å². The van der Waals surface area contributed by atoms with Crippen LogP contribution in [0.15, 0.2) is 18.2 Å². The number of hydrogen-bond donors (Lipinski definition) is 1. The molecule has 0 heterocycles. The Kier molecular flexibility index (Phi) is 3.29. The van der Waals surface area contributed by atoms with Crippen molar-refractivity contribution in [1.82, 2.24) is 4.90 Å². The maximum Gasteiger partial charge on any atom is 0.0408 e. The van der Waals surface area contributed by atoms with Gasteiger partial charge in [-0.3, -0.25) is 4.90 Å². The molecule has 82 valence electrons. The molecule has 1 aliphatic rings. The summed E-state index contributed by atoms with van der Waals surface area (Å²) in [4.78, 5) is 2.33. The summed E-state index contributed by atoms with van der Waals surface area (Å²) in [6.45, 7) is 1.67. The molecular formula is C12H17ClN2. The van der Waals surface area contributed by atoms with Crippen LogP contribution in [0.5, 0.6) is 0 Å². The molecule has 0 spiro atoms. The van der Waals surface area contributed by atoms with E-state index in [0.717, 1.165) is 24.5 Å². The van der Waals surface area contributed by atoms with E-state index in [-0.39, 0.29) is 0 Å². The normalized spacial score (nSPS) is 19.6. The summed E-state index contributed by atoms with van der Waals surface area (Å²) in [5.41, 5.74) is 8.40. The van der Waals surface area contributed by atoms with Crippen LogP contribution in [0.3, 0.4) is 0 Å². The maximum absolute atomic E-state index is 5.98. The fraction of sp³-hybridized carbons (Fsp3) is 0.500. The molecule has 3 heteroatoms. The van der Waals surface area contributed by atoms with Crippen molar-refractivity contribution in [3.05, 3.63) is 34.3 Å². The number of fused-ring (bicyclic) bond motifs is 1. The zero-order valence-electron chi connectivity index (χ0n) is 9.04. The molecule has 2 nitrogen and oxygen atoms in total. The van der Waals surface area contributed by atoms with Gasteiger partial charge in [-0.25, -0.2) is 0 Å². The average Bonchev–Trinajstić information content (AvgIpc) is 2.60. The van der Waals surface area contributed by atoms with Crippen LogP contribution in [0, 0.1) is 0 Å². The van der Waals surface area contributed by atoms with Crippen LogP contribution in [-0.4, -0.2) is 25.0 Å². The second-order valence-electron chi connectivity index (χ2n) is 4.17. The fourth-order valence-corrected chi connectivity index (χ4v) is 2.58. The highest BCUT2D eigenvalue weighted by Gasteiger charge is 2.25. The van der Waals surface area contributed by atoms with Crippen molar-refractivity contribution in [1.29, 1.82) is 0 Å². The van der Waals surface area contributed by atoms with Crippen molar-refractivity contribution in [2.24, 2.45) is 5.73 Å². The molecule has 1 atom stereocenters. The van der Waals surface area contributed by atoms with Crippen molar-refractivity contribution in [2.45, 2.75) is 18.9 Å². The number of aryl methyl sites for hydroxylation is 1. The van der Waals surface area contributed by atoms with E-state index in [9.17, 15) is 0 Å². The monoisotopic (exact) mass is 224 g/mol. The maximum atomic E-state index is 5.98. The molecule has 0 radical (unpaired) electrons. The van der Waals surface area contributed by atoms with Crippen LogP contribution in [0.25, 0.3) is 0 Å². The number of likely N-dealkylation sites (N-methyl/N-ethyl adjacent to an activating group) is 1. The molecule has 1 aromatic rings. The van der Waals surface area contributed by atoms with Crippen molar-refractivity contribution in [3.8, 4) is 0 Å². The largest absolute Gasteiger partial charge is 0.329 e. The zero-order chi connectivity index (χ0) is 10.8. The first-order valence-corrected chi connectivity index (χ1v) is 5.79. The average molecular weight is 225 g/mol. The fourth-order valence-electron chi connectivity index (χ4n) is 2.38. The smallest absolute Gasteiger partial charge is 0.0408 e. The van der Waals surface area contributed by atoms with Crippen LogP contribution < -0.4 is 5.73 Å². The molecule has 0 amide bonds. The summed E-state index contributed by atoms with van der Waals surface area (Å²) in [6, 6.07) is 6.76. The SMILES string of the molecule is CN(CCN)C1CCc2cc(Cl)ccc21. The van der Waals surface area contributed by atoms with Gasteiger partial charge in [0.1, 0.15) is 0 Å². The summed E-state index contributed by atoms with van der Waals surface area (Å²) < 4.78 is 0. The summed E-state index contributed by atoms with van der Waals surface area (Å²) in [5, 5.41) is 0.843. The molecule has 15 heavy (non-hydrogen) atoms. The standard InChI is InChI=1S/C12H17ClN2/c1-15(7-6-14)12-5-2-9-8-10(13)3-4-11(9)12/h3-4,8,12H,2,5-7,14H2,1H3. The van der Waals surface area contributed by atoms with Gasteiger partial charge in [-0.2, -0.15) is 0 Å². The second-order valence-corrected chi connectivity index (χ2v) is 4.60. The van der Waals surface area contributed by atoms with Gasteiger partial charge in [0.05, 0.1) is 0 Å². The van der Waals surface area contributed by atoms with Crippen LogP contribution >= 0.6 is 11.6 Å². The van der Waals surface area contributed by atoms with Crippen molar-refractivity contribution >= 4 is 11.6 Å². The second kappa shape index (κ2) is 4.52. The van der Waals surface area contributed by atoms with E-state index in [1.54, 1.807) is 0 Å². The lowest BCUT2D eigenvalue weighted by Crippen LogP contribution is -2.28. The van der Waals surface area contributed by atoms with E-state index in [4.69, 9.17) is 17.3 Å². The lowest BCUT2D eigenvalue weighted by molar-refractivity contribution is 0.251. The zero-order valence-corrected chi connectivity index (χ0v) is 9.80. The molecule has 1 aromatic carbocycles. The highest BCUT2D eigenvalue weighted by atomic mass is 35.5. The summed E-state index contributed by atoms with van der Waals surface area (Å²) in [5.74, 6) is 0. The van der Waals surface area contributed by atoms with Crippen LogP contribution in [0.1, 0.15) is 23.6 Å². The van der Waals surface area contributed by atoms with Crippen LogP contribution in [-0.2, 0) is 6.42 Å². The third-order valence-electron chi connectivity index (χ3n) is 3.16. The predicted molar refractivity (Wildman–Crippen MR) is 64.2 cm³/mol. The van der Waals surface area contributed by atoms with E-state index >= 15 is 0 Å². The van der Waals surface area contributed by atoms with E-state index in [0.29, 0.717) is 6.04 Å². The van der Waals surface area contributed by atoms with Gasteiger partial charge in [0.2, 0.25) is 0 Å². The molecule has 0 aromatic heterocycles. The van der Waals surface area contributed by atoms with Gasteiger partial charge < -0.3 is 5.73 Å². The number of benzene rings is 1. The summed E-state index contributed by atoms with van der Waals surface area (Å²) in [7, 11) is 2.14. The Bertz CT molecular complexity index is 351. The number of nitrogens with two attached hydrogens (primary N) is 1. The van der Waals surface area contributed by atoms with Gasteiger partial charge in [-0.1, -0.05) is 17.7 Å². The molecule has 0 bridgehead atoms. The number of hydrogen-bond acceptors (Lipinski definition) is 2. The first-order valence-electron chi connectivity index (χ1n) is 5.41. The molecule has 2 N–H and O–H groups in total. The number of nitrogens with zero attached hydrogens (tertiary/aromatic N) is 1. The summed E-state index contributed by atoms with van der Waals surface area (Å²) >= 11 is 5.98. The lowest BCUT2D eigenvalue weighted by atomic mass is 10.1. The molecule has 0 aliphatic heterocycles. The Morgan fingerprint density at radius 2 is 2.33 bits per heavy atom. The Morgan fingerprint density at radius 3 is 3.07 bits per heavy atom. The number of halogens is 1. The molecule has 0 fully saturated rings. The highest BCUT2D eigenvalue weighted by molar-refractivity contribution is 6.30. The van der Waals surface area contributed by atoms with Crippen molar-refractivity contribution < 1.29 is 0 Å². The van der Waals surface area contributed by atoms with Gasteiger partial charge in [0.15, 0.2) is 0 Å². The minimum Gasteiger partial charge on any atom is -0.329 e. The van der Waals surface area contributed by atoms with Gasteiger partial charge >= 0.3 is 0 Å². The van der Waals surface area contributed by atoms with E-state index in [2.05, 4.69) is 24.1 Å². The van der Waals surface area contributed by atoms with E-state index in [1.165, 1.54) is 17.5 Å². The molecular weight excluding hydrogens is 208 g/mol. The van der Waals surface area contributed by atoms with E-state index < -0.39 is 0 Å². The quantitative estimate of drug-likeness (QED) is 0.853. The van der Waals surface area contributed by atoms with Crippen molar-refractivity contribution in [3.63, 3.8) is 0 Å². The van der Waals surface area contributed by atoms with Gasteiger partial charge in [-0.15, -0.1) is 0 Å².